The van der Waals surface area contributed by atoms with Gasteiger partial charge in [0.25, 0.3) is 0 Å². The second-order valence-corrected chi connectivity index (χ2v) is 7.59. The number of nitrogens with zero attached hydrogens (tertiary/aromatic N) is 1. The first-order chi connectivity index (χ1) is 12.7. The first kappa shape index (κ1) is 17.3. The molecule has 0 amide bonds. The lowest BCUT2D eigenvalue weighted by Crippen LogP contribution is -2.40. The van der Waals surface area contributed by atoms with Crippen LogP contribution in [0.1, 0.15) is 47.4 Å². The van der Waals surface area contributed by atoms with Crippen LogP contribution < -0.4 is 0 Å². The summed E-state index contributed by atoms with van der Waals surface area (Å²) in [7, 11) is 2.13. The molecule has 0 radical (unpaired) electrons. The molecule has 1 saturated heterocycles. The predicted octanol–water partition coefficient (Wildman–Crippen LogP) is 3.94. The van der Waals surface area contributed by atoms with Crippen molar-refractivity contribution in [3.8, 4) is 0 Å². The summed E-state index contributed by atoms with van der Waals surface area (Å²) in [5.41, 5.74) is 4.75. The second-order valence-electron chi connectivity index (χ2n) is 7.59. The molecule has 2 aromatic carbocycles. The van der Waals surface area contributed by atoms with Gasteiger partial charge in [0.05, 0.1) is 0 Å². The largest absolute Gasteiger partial charge is 0.463 e. The number of esters is 1. The number of hydrogen-bond acceptors (Lipinski definition) is 3. The van der Waals surface area contributed by atoms with Crippen LogP contribution in [0.15, 0.2) is 48.5 Å². The number of carbonyl (C=O) groups is 1. The van der Waals surface area contributed by atoms with Crippen LogP contribution in [0.4, 0.5) is 0 Å². The fourth-order valence-corrected chi connectivity index (χ4v) is 4.39. The van der Waals surface area contributed by atoms with E-state index in [9.17, 15) is 4.79 Å². The zero-order valence-electron chi connectivity index (χ0n) is 15.5. The SMILES string of the molecule is CN1CCCCC1COC(=O)C1c2ccccc2CCc2ccccc21. The van der Waals surface area contributed by atoms with Crippen LogP contribution in [0.25, 0.3) is 0 Å². The number of aryl methyl sites for hydroxylation is 2. The van der Waals surface area contributed by atoms with Gasteiger partial charge in [-0.2, -0.15) is 0 Å². The number of fused-ring (bicyclic) bond motifs is 2. The number of likely N-dealkylation sites (N-methyl/N-ethyl adjacent to an activating group) is 1. The predicted molar refractivity (Wildman–Crippen MR) is 103 cm³/mol. The van der Waals surface area contributed by atoms with Crippen LogP contribution in [0.3, 0.4) is 0 Å². The maximum atomic E-state index is 13.2. The molecule has 26 heavy (non-hydrogen) atoms. The van der Waals surface area contributed by atoms with E-state index < -0.39 is 0 Å². The van der Waals surface area contributed by atoms with Crippen molar-refractivity contribution in [1.29, 1.82) is 0 Å². The molecule has 0 bridgehead atoms. The molecule has 0 saturated carbocycles. The molecular formula is C23H27NO2. The Labute approximate surface area is 156 Å². The standard InChI is InChI=1S/C23H27NO2/c1-24-15-7-6-10-19(24)16-26-23(25)22-20-11-4-2-8-17(20)13-14-18-9-3-5-12-21(18)22/h2-5,8-9,11-12,19,22H,6-7,10,13-16H2,1H3. The lowest BCUT2D eigenvalue weighted by Gasteiger charge is -2.32. The van der Waals surface area contributed by atoms with Gasteiger partial charge in [-0.25, -0.2) is 0 Å². The summed E-state index contributed by atoms with van der Waals surface area (Å²) in [5.74, 6) is -0.412. The average Bonchev–Trinajstić information content (AvgIpc) is 2.84. The van der Waals surface area contributed by atoms with E-state index in [2.05, 4.69) is 48.3 Å². The van der Waals surface area contributed by atoms with E-state index in [1.54, 1.807) is 0 Å². The van der Waals surface area contributed by atoms with Crippen LogP contribution >= 0.6 is 0 Å². The first-order valence-electron chi connectivity index (χ1n) is 9.76. The van der Waals surface area contributed by atoms with Crippen LogP contribution in [0, 0.1) is 0 Å². The van der Waals surface area contributed by atoms with Crippen molar-refractivity contribution in [2.45, 2.75) is 44.1 Å². The van der Waals surface area contributed by atoms with Gasteiger partial charge in [0.15, 0.2) is 0 Å². The van der Waals surface area contributed by atoms with Crippen molar-refractivity contribution in [3.05, 3.63) is 70.8 Å². The monoisotopic (exact) mass is 349 g/mol. The second kappa shape index (κ2) is 7.63. The van der Waals surface area contributed by atoms with E-state index in [1.165, 1.54) is 24.0 Å². The molecule has 1 fully saturated rings. The Morgan fingerprint density at radius 2 is 1.62 bits per heavy atom. The van der Waals surface area contributed by atoms with Crippen molar-refractivity contribution >= 4 is 5.97 Å². The number of hydrogen-bond donors (Lipinski definition) is 0. The van der Waals surface area contributed by atoms with E-state index in [0.29, 0.717) is 12.6 Å². The molecule has 0 aromatic heterocycles. The lowest BCUT2D eigenvalue weighted by molar-refractivity contribution is -0.146. The Morgan fingerprint density at radius 1 is 1.00 bits per heavy atom. The molecule has 2 aliphatic rings. The van der Waals surface area contributed by atoms with Gasteiger partial charge in [0.1, 0.15) is 12.5 Å². The third kappa shape index (κ3) is 3.41. The molecule has 1 heterocycles. The summed E-state index contributed by atoms with van der Waals surface area (Å²) < 4.78 is 5.88. The molecule has 0 N–H and O–H groups in total. The van der Waals surface area contributed by atoms with Crippen molar-refractivity contribution in [2.75, 3.05) is 20.2 Å². The molecule has 0 spiro atoms. The zero-order chi connectivity index (χ0) is 17.9. The minimum absolute atomic E-state index is 0.106. The Morgan fingerprint density at radius 3 is 2.23 bits per heavy atom. The lowest BCUT2D eigenvalue weighted by atomic mass is 9.88. The molecule has 1 aliphatic carbocycles. The van der Waals surface area contributed by atoms with Gasteiger partial charge in [-0.1, -0.05) is 55.0 Å². The summed E-state index contributed by atoms with van der Waals surface area (Å²) in [4.78, 5) is 15.5. The van der Waals surface area contributed by atoms with Crippen molar-refractivity contribution in [3.63, 3.8) is 0 Å². The zero-order valence-corrected chi connectivity index (χ0v) is 15.5. The van der Waals surface area contributed by atoms with Gasteiger partial charge in [0.2, 0.25) is 0 Å². The number of carbonyl (C=O) groups excluding carboxylic acids is 1. The van der Waals surface area contributed by atoms with Gasteiger partial charge in [0, 0.05) is 6.04 Å². The fraction of sp³-hybridized carbons (Fsp3) is 0.435. The molecule has 1 aliphatic heterocycles. The Hall–Kier alpha value is -2.13. The van der Waals surface area contributed by atoms with E-state index in [-0.39, 0.29) is 11.9 Å². The average molecular weight is 349 g/mol. The first-order valence-corrected chi connectivity index (χ1v) is 9.76. The van der Waals surface area contributed by atoms with E-state index >= 15 is 0 Å². The van der Waals surface area contributed by atoms with E-state index in [1.807, 2.05) is 12.1 Å². The summed E-state index contributed by atoms with van der Waals surface area (Å²) in [5, 5.41) is 0. The topological polar surface area (TPSA) is 29.5 Å². The number of likely N-dealkylation sites (tertiary alicyclic amines) is 1. The molecule has 3 nitrogen and oxygen atoms in total. The third-order valence-electron chi connectivity index (χ3n) is 5.97. The van der Waals surface area contributed by atoms with Gasteiger partial charge in [-0.05, 0) is 61.5 Å². The maximum Gasteiger partial charge on any atom is 0.318 e. The molecular weight excluding hydrogens is 322 g/mol. The number of piperidine rings is 1. The summed E-state index contributed by atoms with van der Waals surface area (Å²) in [6.45, 7) is 1.59. The Kier molecular flexibility index (Phi) is 5.07. The summed E-state index contributed by atoms with van der Waals surface area (Å²) >= 11 is 0. The van der Waals surface area contributed by atoms with E-state index in [0.717, 1.165) is 36.9 Å². The number of benzene rings is 2. The minimum atomic E-state index is -0.307. The fourth-order valence-electron chi connectivity index (χ4n) is 4.39. The highest BCUT2D eigenvalue weighted by Gasteiger charge is 2.31. The van der Waals surface area contributed by atoms with Crippen LogP contribution in [-0.4, -0.2) is 37.1 Å². The highest BCUT2D eigenvalue weighted by Crippen LogP contribution is 2.35. The summed E-state index contributed by atoms with van der Waals surface area (Å²) in [6.07, 6.45) is 5.53. The Balaban J connectivity index is 1.61. The van der Waals surface area contributed by atoms with Gasteiger partial charge in [-0.15, -0.1) is 0 Å². The summed E-state index contributed by atoms with van der Waals surface area (Å²) in [6, 6.07) is 17.0. The van der Waals surface area contributed by atoms with Gasteiger partial charge >= 0.3 is 5.97 Å². The highest BCUT2D eigenvalue weighted by atomic mass is 16.5. The minimum Gasteiger partial charge on any atom is -0.463 e. The third-order valence-corrected chi connectivity index (χ3v) is 5.97. The highest BCUT2D eigenvalue weighted by molar-refractivity contribution is 5.83. The van der Waals surface area contributed by atoms with Crippen LogP contribution in [0.2, 0.25) is 0 Å². The number of ether oxygens (including phenoxy) is 1. The quantitative estimate of drug-likeness (QED) is 0.786. The van der Waals surface area contributed by atoms with Crippen LogP contribution in [0.5, 0.6) is 0 Å². The van der Waals surface area contributed by atoms with Crippen molar-refractivity contribution in [1.82, 2.24) is 4.90 Å². The molecule has 136 valence electrons. The smallest absolute Gasteiger partial charge is 0.318 e. The molecule has 2 aromatic rings. The number of rotatable bonds is 3. The maximum absolute atomic E-state index is 13.2. The normalized spacial score (nSPS) is 20.7. The molecule has 3 heteroatoms. The Bertz CT molecular complexity index is 738. The molecule has 4 rings (SSSR count). The molecule has 1 atom stereocenters. The van der Waals surface area contributed by atoms with Crippen LogP contribution in [-0.2, 0) is 22.4 Å². The van der Waals surface area contributed by atoms with Crippen molar-refractivity contribution < 1.29 is 9.53 Å². The molecule has 1 unspecified atom stereocenters. The van der Waals surface area contributed by atoms with Gasteiger partial charge < -0.3 is 9.64 Å². The van der Waals surface area contributed by atoms with E-state index in [4.69, 9.17) is 4.74 Å². The van der Waals surface area contributed by atoms with Gasteiger partial charge in [-0.3, -0.25) is 4.79 Å². The van der Waals surface area contributed by atoms with Crippen molar-refractivity contribution in [2.24, 2.45) is 0 Å².